The van der Waals surface area contributed by atoms with Crippen LogP contribution in [0.1, 0.15) is 46.2 Å². The molecule has 2 amide bonds. The number of carbonyl (C=O) groups excluding carboxylic acids is 2. The highest BCUT2D eigenvalue weighted by Gasteiger charge is 2.35. The molecule has 3 aromatic rings. The molecule has 1 aliphatic heterocycles. The third-order valence-corrected chi connectivity index (χ3v) is 5.59. The van der Waals surface area contributed by atoms with Crippen LogP contribution in [0.5, 0.6) is 5.75 Å². The summed E-state index contributed by atoms with van der Waals surface area (Å²) < 4.78 is 44.8. The number of pyridine rings is 1. The summed E-state index contributed by atoms with van der Waals surface area (Å²) in [6, 6.07) is 12.1. The minimum Gasteiger partial charge on any atom is -0.497 e. The van der Waals surface area contributed by atoms with Crippen LogP contribution in [-0.4, -0.2) is 41.4 Å². The first-order valence-electron chi connectivity index (χ1n) is 10.5. The number of hydrogen-bond donors (Lipinski definition) is 1. The maximum atomic E-state index is 13.2. The number of fused-ring (bicyclic) bond motifs is 2. The number of rotatable bonds is 7. The average Bonchev–Trinajstić information content (AvgIpc) is 3.03. The molecule has 33 heavy (non-hydrogen) atoms. The first-order chi connectivity index (χ1) is 15.7. The second kappa shape index (κ2) is 8.73. The van der Waals surface area contributed by atoms with E-state index in [4.69, 9.17) is 4.74 Å². The van der Waals surface area contributed by atoms with Gasteiger partial charge in [-0.25, -0.2) is 4.98 Å². The molecule has 2 heterocycles. The lowest BCUT2D eigenvalue weighted by molar-refractivity contribution is -0.140. The average molecular weight is 457 g/mol. The Morgan fingerprint density at radius 3 is 2.33 bits per heavy atom. The van der Waals surface area contributed by atoms with E-state index in [-0.39, 0.29) is 29.9 Å². The molecular weight excluding hydrogens is 435 g/mol. The number of alkyl halides is 3. The van der Waals surface area contributed by atoms with Crippen molar-refractivity contribution in [2.45, 2.75) is 32.0 Å². The number of aromatic nitrogens is 1. The Labute approximate surface area is 188 Å². The SMILES string of the molecule is COc1cc(NC(C)CCCN2C(=O)c3ccccc3C2=O)c2nc(C(F)(F)F)ccc2c1. The molecule has 0 bridgehead atoms. The summed E-state index contributed by atoms with van der Waals surface area (Å²) in [4.78, 5) is 30.0. The number of nitrogens with zero attached hydrogens (tertiary/aromatic N) is 2. The highest BCUT2D eigenvalue weighted by atomic mass is 19.4. The molecule has 0 fully saturated rings. The van der Waals surface area contributed by atoms with E-state index in [2.05, 4.69) is 10.3 Å². The lowest BCUT2D eigenvalue weighted by atomic mass is 10.1. The standard InChI is InChI=1S/C24H22F3N3O3/c1-14(6-5-11-30-22(31)17-7-3-4-8-18(17)23(30)32)28-19-13-16(33-2)12-15-9-10-20(24(25,26)27)29-21(15)19/h3-4,7-10,12-14,28H,5-6,11H2,1-2H3. The van der Waals surface area contributed by atoms with Crippen molar-refractivity contribution in [3.05, 3.63) is 65.4 Å². The Bertz CT molecular complexity index is 1190. The molecule has 1 atom stereocenters. The zero-order valence-electron chi connectivity index (χ0n) is 18.1. The zero-order chi connectivity index (χ0) is 23.8. The van der Waals surface area contributed by atoms with Crippen molar-refractivity contribution >= 4 is 28.4 Å². The van der Waals surface area contributed by atoms with Gasteiger partial charge >= 0.3 is 6.18 Å². The number of anilines is 1. The van der Waals surface area contributed by atoms with Crippen LogP contribution in [-0.2, 0) is 6.18 Å². The minimum absolute atomic E-state index is 0.160. The summed E-state index contributed by atoms with van der Waals surface area (Å²) in [5.74, 6) is -0.123. The molecule has 0 aliphatic carbocycles. The number of carbonyl (C=O) groups is 2. The minimum atomic E-state index is -4.55. The maximum Gasteiger partial charge on any atom is 0.433 e. The second-order valence-electron chi connectivity index (χ2n) is 7.94. The van der Waals surface area contributed by atoms with Crippen LogP contribution in [0.3, 0.4) is 0 Å². The predicted octanol–water partition coefficient (Wildman–Crippen LogP) is 5.14. The van der Waals surface area contributed by atoms with Crippen LogP contribution >= 0.6 is 0 Å². The Balaban J connectivity index is 1.46. The van der Waals surface area contributed by atoms with Gasteiger partial charge in [0.15, 0.2) is 0 Å². The number of amides is 2. The fraction of sp³-hybridized carbons (Fsp3) is 0.292. The molecule has 2 aromatic carbocycles. The van der Waals surface area contributed by atoms with Crippen molar-refractivity contribution < 1.29 is 27.5 Å². The van der Waals surface area contributed by atoms with Crippen LogP contribution in [0, 0.1) is 0 Å². The molecule has 6 nitrogen and oxygen atoms in total. The molecular formula is C24H22F3N3O3. The quantitative estimate of drug-likeness (QED) is 0.498. The molecule has 4 rings (SSSR count). The lowest BCUT2D eigenvalue weighted by Gasteiger charge is -2.19. The summed E-state index contributed by atoms with van der Waals surface area (Å²) in [5, 5.41) is 3.72. The topological polar surface area (TPSA) is 71.5 Å². The van der Waals surface area contributed by atoms with Crippen molar-refractivity contribution in [1.29, 1.82) is 0 Å². The number of methoxy groups -OCH3 is 1. The number of imide groups is 1. The molecule has 1 aromatic heterocycles. The van der Waals surface area contributed by atoms with Crippen LogP contribution in [0.2, 0.25) is 0 Å². The molecule has 0 saturated carbocycles. The van der Waals surface area contributed by atoms with Crippen molar-refractivity contribution in [3.8, 4) is 5.75 Å². The normalized spacial score (nSPS) is 14.5. The summed E-state index contributed by atoms with van der Waals surface area (Å²) >= 11 is 0. The van der Waals surface area contributed by atoms with Crippen LogP contribution in [0.25, 0.3) is 10.9 Å². The van der Waals surface area contributed by atoms with Crippen molar-refractivity contribution in [2.24, 2.45) is 0 Å². The van der Waals surface area contributed by atoms with Gasteiger partial charge in [-0.1, -0.05) is 18.2 Å². The summed E-state index contributed by atoms with van der Waals surface area (Å²) in [5.41, 5.74) is 0.453. The highest BCUT2D eigenvalue weighted by Crippen LogP contribution is 2.34. The van der Waals surface area contributed by atoms with Gasteiger partial charge in [-0.15, -0.1) is 0 Å². The summed E-state index contributed by atoms with van der Waals surface area (Å²) in [6.07, 6.45) is -3.45. The molecule has 0 spiro atoms. The first kappa shape index (κ1) is 22.6. The molecule has 1 unspecified atom stereocenters. The molecule has 9 heteroatoms. The highest BCUT2D eigenvalue weighted by molar-refractivity contribution is 6.21. The van der Waals surface area contributed by atoms with E-state index in [1.54, 1.807) is 36.4 Å². The number of halogens is 3. The van der Waals surface area contributed by atoms with Gasteiger partial charge in [-0.3, -0.25) is 14.5 Å². The Morgan fingerprint density at radius 1 is 1.06 bits per heavy atom. The number of hydrogen-bond acceptors (Lipinski definition) is 5. The van der Waals surface area contributed by atoms with E-state index >= 15 is 0 Å². The largest absolute Gasteiger partial charge is 0.497 e. The van der Waals surface area contributed by atoms with Gasteiger partial charge in [-0.2, -0.15) is 13.2 Å². The first-order valence-corrected chi connectivity index (χ1v) is 10.5. The number of ether oxygens (including phenoxy) is 1. The number of benzene rings is 2. The molecule has 0 radical (unpaired) electrons. The fourth-order valence-electron chi connectivity index (χ4n) is 3.93. The van der Waals surface area contributed by atoms with Crippen molar-refractivity contribution in [3.63, 3.8) is 0 Å². The molecule has 1 aliphatic rings. The van der Waals surface area contributed by atoms with E-state index in [9.17, 15) is 22.8 Å². The van der Waals surface area contributed by atoms with Crippen molar-refractivity contribution in [1.82, 2.24) is 9.88 Å². The lowest BCUT2D eigenvalue weighted by Crippen LogP contribution is -2.31. The summed E-state index contributed by atoms with van der Waals surface area (Å²) in [6.45, 7) is 2.13. The van der Waals surface area contributed by atoms with E-state index in [0.717, 1.165) is 6.07 Å². The van der Waals surface area contributed by atoms with Gasteiger partial charge in [-0.05, 0) is 44.0 Å². The molecule has 172 valence electrons. The smallest absolute Gasteiger partial charge is 0.433 e. The third-order valence-electron chi connectivity index (χ3n) is 5.59. The Morgan fingerprint density at radius 2 is 1.73 bits per heavy atom. The Kier molecular flexibility index (Phi) is 5.97. The monoisotopic (exact) mass is 457 g/mol. The third kappa shape index (κ3) is 4.48. The van der Waals surface area contributed by atoms with Crippen LogP contribution < -0.4 is 10.1 Å². The number of nitrogens with one attached hydrogen (secondary N) is 1. The van der Waals surface area contributed by atoms with Gasteiger partial charge in [0.2, 0.25) is 0 Å². The second-order valence-corrected chi connectivity index (χ2v) is 7.94. The molecule has 1 N–H and O–H groups in total. The van der Waals surface area contributed by atoms with Gasteiger partial charge in [0.05, 0.1) is 29.4 Å². The van der Waals surface area contributed by atoms with Crippen LogP contribution in [0.4, 0.5) is 18.9 Å². The van der Waals surface area contributed by atoms with E-state index in [1.807, 2.05) is 6.92 Å². The van der Waals surface area contributed by atoms with Crippen molar-refractivity contribution in [2.75, 3.05) is 19.0 Å². The van der Waals surface area contributed by atoms with E-state index in [1.165, 1.54) is 18.1 Å². The van der Waals surface area contributed by atoms with Crippen LogP contribution in [0.15, 0.2) is 48.5 Å². The van der Waals surface area contributed by atoms with Gasteiger partial charge in [0.25, 0.3) is 11.8 Å². The predicted molar refractivity (Wildman–Crippen MR) is 117 cm³/mol. The Hall–Kier alpha value is -3.62. The van der Waals surface area contributed by atoms with Gasteiger partial charge in [0.1, 0.15) is 11.4 Å². The van der Waals surface area contributed by atoms with Gasteiger partial charge in [0, 0.05) is 24.0 Å². The zero-order valence-corrected chi connectivity index (χ0v) is 18.1. The van der Waals surface area contributed by atoms with E-state index < -0.39 is 11.9 Å². The summed E-state index contributed by atoms with van der Waals surface area (Å²) in [7, 11) is 1.48. The van der Waals surface area contributed by atoms with E-state index in [0.29, 0.717) is 40.8 Å². The fourth-order valence-corrected chi connectivity index (χ4v) is 3.93. The van der Waals surface area contributed by atoms with Gasteiger partial charge < -0.3 is 10.1 Å². The molecule has 0 saturated heterocycles. The maximum absolute atomic E-state index is 13.2.